The Morgan fingerprint density at radius 2 is 1.38 bits per heavy atom. The highest BCUT2D eigenvalue weighted by molar-refractivity contribution is 6.01. The molecule has 0 amide bonds. The molecule has 0 spiro atoms. The number of hydrogen-bond acceptors (Lipinski definition) is 8. The molecule has 8 heteroatoms. The maximum atomic E-state index is 12.1. The normalized spacial score (nSPS) is 14.0. The lowest BCUT2D eigenvalue weighted by Crippen LogP contribution is -2.42. The fraction of sp³-hybridized carbons (Fsp3) is 0.615. The molecule has 1 aliphatic carbocycles. The molecule has 0 aromatic carbocycles. The fourth-order valence-corrected chi connectivity index (χ4v) is 3.67. The standard InChI is InChI=1S/C14H22O4.C12H18O4/c1-6-9-14(10-11(4)5,12(15)17-7-2)13(16)18-8-3;1-4-15-10(13)12(11(14)16-5-2)7-6-9(3)8-12/h6H,1,4,7-10H2,2-3,5H3;6H,4-5,7-8H2,1-3H3. The predicted octanol–water partition coefficient (Wildman–Crippen LogP) is 4.48. The van der Waals surface area contributed by atoms with Gasteiger partial charge in [-0.05, 0) is 67.2 Å². The molecule has 0 bridgehead atoms. The molecule has 1 rings (SSSR count). The van der Waals surface area contributed by atoms with Crippen molar-refractivity contribution in [2.75, 3.05) is 26.4 Å². The van der Waals surface area contributed by atoms with Gasteiger partial charge < -0.3 is 18.9 Å². The number of rotatable bonds is 12. The van der Waals surface area contributed by atoms with Crippen LogP contribution in [0, 0.1) is 10.8 Å². The molecule has 0 saturated heterocycles. The minimum atomic E-state index is -1.35. The number of esters is 4. The van der Waals surface area contributed by atoms with E-state index in [0.717, 1.165) is 11.1 Å². The second-order valence-corrected chi connectivity index (χ2v) is 8.10. The molecule has 0 unspecified atom stereocenters. The highest BCUT2D eigenvalue weighted by Gasteiger charge is 2.50. The summed E-state index contributed by atoms with van der Waals surface area (Å²) in [7, 11) is 0. The lowest BCUT2D eigenvalue weighted by Gasteiger charge is -2.28. The van der Waals surface area contributed by atoms with Crippen molar-refractivity contribution in [3.8, 4) is 0 Å². The Kier molecular flexibility index (Phi) is 13.8. The van der Waals surface area contributed by atoms with Gasteiger partial charge in [0.15, 0.2) is 10.8 Å². The van der Waals surface area contributed by atoms with Crippen LogP contribution in [-0.4, -0.2) is 50.3 Å². The van der Waals surface area contributed by atoms with E-state index in [2.05, 4.69) is 13.2 Å². The zero-order valence-electron chi connectivity index (χ0n) is 21.5. The SMILES string of the molecule is C=CCC(CC(=C)C)(C(=O)OCC)C(=O)OCC.CCOC(=O)C1(C(=O)OCC)CC=C(C)C1. The Hall–Kier alpha value is -2.90. The van der Waals surface area contributed by atoms with Crippen LogP contribution in [0.3, 0.4) is 0 Å². The summed E-state index contributed by atoms with van der Waals surface area (Å²) in [6, 6.07) is 0. The topological polar surface area (TPSA) is 105 Å². The van der Waals surface area contributed by atoms with Crippen LogP contribution in [0.25, 0.3) is 0 Å². The first-order chi connectivity index (χ1) is 16.0. The molecule has 0 fully saturated rings. The van der Waals surface area contributed by atoms with E-state index in [9.17, 15) is 19.2 Å². The molecule has 0 aliphatic heterocycles. The van der Waals surface area contributed by atoms with Gasteiger partial charge in [0.05, 0.1) is 26.4 Å². The minimum Gasteiger partial charge on any atom is -0.465 e. The van der Waals surface area contributed by atoms with Crippen molar-refractivity contribution in [1.82, 2.24) is 0 Å². The van der Waals surface area contributed by atoms with Gasteiger partial charge >= 0.3 is 23.9 Å². The lowest BCUT2D eigenvalue weighted by molar-refractivity contribution is -0.173. The van der Waals surface area contributed by atoms with Gasteiger partial charge in [-0.3, -0.25) is 19.2 Å². The third-order valence-corrected chi connectivity index (χ3v) is 5.14. The summed E-state index contributed by atoms with van der Waals surface area (Å²) in [5, 5.41) is 0. The third-order valence-electron chi connectivity index (χ3n) is 5.14. The van der Waals surface area contributed by atoms with E-state index >= 15 is 0 Å². The van der Waals surface area contributed by atoms with Gasteiger partial charge in [-0.25, -0.2) is 0 Å². The van der Waals surface area contributed by atoms with Gasteiger partial charge in [-0.1, -0.05) is 23.3 Å². The van der Waals surface area contributed by atoms with Gasteiger partial charge in [0.2, 0.25) is 0 Å². The van der Waals surface area contributed by atoms with E-state index in [1.165, 1.54) is 6.08 Å². The van der Waals surface area contributed by atoms with E-state index in [4.69, 9.17) is 18.9 Å². The summed E-state index contributed by atoms with van der Waals surface area (Å²) in [5.74, 6) is -2.10. The van der Waals surface area contributed by atoms with E-state index in [-0.39, 0.29) is 39.3 Å². The largest absolute Gasteiger partial charge is 0.465 e. The van der Waals surface area contributed by atoms with E-state index < -0.39 is 34.7 Å². The number of hydrogen-bond donors (Lipinski definition) is 0. The molecule has 192 valence electrons. The van der Waals surface area contributed by atoms with E-state index in [0.29, 0.717) is 12.8 Å². The number of carbonyl (C=O) groups is 4. The summed E-state index contributed by atoms with van der Waals surface area (Å²) in [4.78, 5) is 47.9. The average Bonchev–Trinajstić information content (AvgIpc) is 3.17. The molecule has 0 radical (unpaired) electrons. The lowest BCUT2D eigenvalue weighted by atomic mass is 9.79. The Bertz CT molecular complexity index is 742. The summed E-state index contributed by atoms with van der Waals surface area (Å²) in [6.45, 7) is 18.8. The minimum absolute atomic E-state index is 0.178. The van der Waals surface area contributed by atoms with Crippen molar-refractivity contribution >= 4 is 23.9 Å². The smallest absolute Gasteiger partial charge is 0.324 e. The molecular formula is C26H40O8. The van der Waals surface area contributed by atoms with E-state index in [1.807, 2.05) is 13.0 Å². The van der Waals surface area contributed by atoms with Crippen molar-refractivity contribution in [3.63, 3.8) is 0 Å². The second kappa shape index (κ2) is 15.1. The monoisotopic (exact) mass is 480 g/mol. The molecule has 34 heavy (non-hydrogen) atoms. The molecule has 0 aromatic heterocycles. The van der Waals surface area contributed by atoms with E-state index in [1.54, 1.807) is 34.6 Å². The van der Waals surface area contributed by atoms with Crippen LogP contribution >= 0.6 is 0 Å². The Morgan fingerprint density at radius 3 is 1.68 bits per heavy atom. The summed E-state index contributed by atoms with van der Waals surface area (Å²) < 4.78 is 19.9. The highest BCUT2D eigenvalue weighted by Crippen LogP contribution is 2.40. The van der Waals surface area contributed by atoms with Gasteiger partial charge in [0.1, 0.15) is 0 Å². The zero-order chi connectivity index (χ0) is 26.4. The first kappa shape index (κ1) is 31.1. The first-order valence-electron chi connectivity index (χ1n) is 11.6. The second-order valence-electron chi connectivity index (χ2n) is 8.10. The molecule has 8 nitrogen and oxygen atoms in total. The first-order valence-corrected chi connectivity index (χ1v) is 11.6. The quantitative estimate of drug-likeness (QED) is 0.174. The molecule has 0 atom stereocenters. The molecule has 0 saturated carbocycles. The van der Waals surface area contributed by atoms with Crippen molar-refractivity contribution in [3.05, 3.63) is 36.5 Å². The molecule has 0 heterocycles. The van der Waals surface area contributed by atoms with Crippen LogP contribution in [0.5, 0.6) is 0 Å². The Morgan fingerprint density at radius 1 is 0.941 bits per heavy atom. The van der Waals surface area contributed by atoms with Gasteiger partial charge in [-0.2, -0.15) is 0 Å². The molecule has 0 N–H and O–H groups in total. The van der Waals surface area contributed by atoms with Crippen molar-refractivity contribution in [1.29, 1.82) is 0 Å². The molecule has 0 aromatic rings. The maximum Gasteiger partial charge on any atom is 0.324 e. The van der Waals surface area contributed by atoms with Crippen molar-refractivity contribution < 1.29 is 38.1 Å². The average molecular weight is 481 g/mol. The number of ether oxygens (including phenoxy) is 4. The predicted molar refractivity (Wildman–Crippen MR) is 129 cm³/mol. The van der Waals surface area contributed by atoms with Crippen LogP contribution in [0.15, 0.2) is 36.5 Å². The Balaban J connectivity index is 0.000000644. The van der Waals surface area contributed by atoms with Crippen LogP contribution in [-0.2, 0) is 38.1 Å². The summed E-state index contributed by atoms with van der Waals surface area (Å²) >= 11 is 0. The van der Waals surface area contributed by atoms with Gasteiger partial charge in [0, 0.05) is 0 Å². The van der Waals surface area contributed by atoms with Gasteiger partial charge in [0.25, 0.3) is 0 Å². The molecule has 1 aliphatic rings. The fourth-order valence-electron chi connectivity index (χ4n) is 3.67. The van der Waals surface area contributed by atoms with Gasteiger partial charge in [-0.15, -0.1) is 13.2 Å². The third kappa shape index (κ3) is 8.15. The van der Waals surface area contributed by atoms with Crippen LogP contribution in [0.2, 0.25) is 0 Å². The van der Waals surface area contributed by atoms with Crippen LogP contribution < -0.4 is 0 Å². The van der Waals surface area contributed by atoms with Crippen LogP contribution in [0.4, 0.5) is 0 Å². The number of allylic oxidation sites excluding steroid dienone is 4. The molecular weight excluding hydrogens is 440 g/mol. The maximum absolute atomic E-state index is 12.1. The summed E-state index contributed by atoms with van der Waals surface area (Å²) in [5.41, 5.74) is -0.727. The summed E-state index contributed by atoms with van der Waals surface area (Å²) in [6.07, 6.45) is 4.60. The Labute approximate surface area is 203 Å². The van der Waals surface area contributed by atoms with Crippen LogP contribution in [0.1, 0.15) is 67.2 Å². The highest BCUT2D eigenvalue weighted by atomic mass is 16.6. The van der Waals surface area contributed by atoms with Crippen molar-refractivity contribution in [2.24, 2.45) is 10.8 Å². The zero-order valence-corrected chi connectivity index (χ0v) is 21.5. The van der Waals surface area contributed by atoms with Crippen molar-refractivity contribution in [2.45, 2.75) is 67.2 Å². The number of carbonyl (C=O) groups excluding carboxylic acids is 4.